The molecule has 31 heavy (non-hydrogen) atoms. The van der Waals surface area contributed by atoms with E-state index in [0.29, 0.717) is 17.3 Å². The van der Waals surface area contributed by atoms with E-state index in [4.69, 9.17) is 19.5 Å². The van der Waals surface area contributed by atoms with Crippen LogP contribution in [0.5, 0.6) is 17.2 Å². The molecule has 0 saturated heterocycles. The number of hydrogen-bond acceptors (Lipinski definition) is 5. The lowest BCUT2D eigenvalue weighted by atomic mass is 10.1. The van der Waals surface area contributed by atoms with Gasteiger partial charge in [-0.05, 0) is 62.4 Å². The molecule has 2 aromatic heterocycles. The van der Waals surface area contributed by atoms with E-state index in [1.54, 1.807) is 24.4 Å². The van der Waals surface area contributed by atoms with Crippen molar-refractivity contribution in [3.8, 4) is 28.5 Å². The number of aliphatic imine (C=N–C) groups is 1. The highest BCUT2D eigenvalue weighted by atomic mass is 79.9. The summed E-state index contributed by atoms with van der Waals surface area (Å²) in [5, 5.41) is 9.97. The molecule has 0 aliphatic carbocycles. The summed E-state index contributed by atoms with van der Waals surface area (Å²) in [5.74, 6) is 1.87. The van der Waals surface area contributed by atoms with Gasteiger partial charge in [0.1, 0.15) is 17.1 Å². The number of halogens is 1. The standard InChI is InChI=1S/C24H22BrN3O3/c1-15(2)31-20-10-8-18(25)12-17(20)14-26-24-23(27-22-6-4-5-11-28(22)24)16-7-9-19(29)21(13-16)30-3/h4-15,29H,1-3H3/b26-14+. The lowest BCUT2D eigenvalue weighted by Gasteiger charge is -2.12. The van der Waals surface area contributed by atoms with Crippen LogP contribution in [-0.4, -0.2) is 33.9 Å². The van der Waals surface area contributed by atoms with E-state index in [1.165, 1.54) is 7.11 Å². The molecule has 0 fully saturated rings. The molecule has 0 bridgehead atoms. The molecule has 0 aliphatic heterocycles. The Hall–Kier alpha value is -3.32. The number of benzene rings is 2. The maximum atomic E-state index is 9.97. The summed E-state index contributed by atoms with van der Waals surface area (Å²) in [6.45, 7) is 3.98. The second-order valence-corrected chi connectivity index (χ2v) is 8.12. The molecule has 0 saturated carbocycles. The van der Waals surface area contributed by atoms with E-state index < -0.39 is 0 Å². The van der Waals surface area contributed by atoms with Gasteiger partial charge < -0.3 is 14.6 Å². The van der Waals surface area contributed by atoms with Gasteiger partial charge in [0.25, 0.3) is 0 Å². The SMILES string of the molecule is COc1cc(-c2nc3ccccn3c2/N=C/c2cc(Br)ccc2OC(C)C)ccc1O. The van der Waals surface area contributed by atoms with Gasteiger partial charge in [-0.15, -0.1) is 0 Å². The van der Waals surface area contributed by atoms with Crippen LogP contribution >= 0.6 is 15.9 Å². The van der Waals surface area contributed by atoms with Crippen LogP contribution in [0.1, 0.15) is 19.4 Å². The molecule has 1 N–H and O–H groups in total. The number of phenolic OH excluding ortho intramolecular Hbond substituents is 1. The predicted octanol–water partition coefficient (Wildman–Crippen LogP) is 6.02. The monoisotopic (exact) mass is 479 g/mol. The van der Waals surface area contributed by atoms with Crippen LogP contribution in [0.15, 0.2) is 70.3 Å². The minimum atomic E-state index is 0.0455. The van der Waals surface area contributed by atoms with E-state index in [-0.39, 0.29) is 11.9 Å². The lowest BCUT2D eigenvalue weighted by molar-refractivity contribution is 0.242. The van der Waals surface area contributed by atoms with E-state index in [2.05, 4.69) is 15.9 Å². The van der Waals surface area contributed by atoms with Crippen molar-refractivity contribution in [1.82, 2.24) is 9.38 Å². The number of aromatic nitrogens is 2. The zero-order chi connectivity index (χ0) is 22.0. The van der Waals surface area contributed by atoms with E-state index in [9.17, 15) is 5.11 Å². The van der Waals surface area contributed by atoms with E-state index in [1.807, 2.05) is 60.8 Å². The Bertz CT molecular complexity index is 1260. The fourth-order valence-electron chi connectivity index (χ4n) is 3.24. The number of imidazole rings is 1. The molecule has 2 heterocycles. The first-order valence-corrected chi connectivity index (χ1v) is 10.6. The highest BCUT2D eigenvalue weighted by Crippen LogP contribution is 2.36. The third kappa shape index (κ3) is 4.41. The fraction of sp³-hybridized carbons (Fsp3) is 0.167. The van der Waals surface area contributed by atoms with Gasteiger partial charge in [0, 0.05) is 28.0 Å². The number of aromatic hydroxyl groups is 1. The fourth-order valence-corrected chi connectivity index (χ4v) is 3.62. The Morgan fingerprint density at radius 1 is 1.10 bits per heavy atom. The Balaban J connectivity index is 1.85. The van der Waals surface area contributed by atoms with Crippen molar-refractivity contribution >= 4 is 33.6 Å². The third-order valence-corrected chi connectivity index (χ3v) is 5.11. The lowest BCUT2D eigenvalue weighted by Crippen LogP contribution is -2.07. The molecular formula is C24H22BrN3O3. The van der Waals surface area contributed by atoms with E-state index >= 15 is 0 Å². The predicted molar refractivity (Wildman–Crippen MR) is 126 cm³/mol. The highest BCUT2D eigenvalue weighted by molar-refractivity contribution is 9.10. The smallest absolute Gasteiger partial charge is 0.165 e. The molecule has 6 nitrogen and oxygen atoms in total. The van der Waals surface area contributed by atoms with Crippen molar-refractivity contribution in [1.29, 1.82) is 0 Å². The first-order valence-electron chi connectivity index (χ1n) is 9.81. The number of nitrogens with zero attached hydrogens (tertiary/aromatic N) is 3. The van der Waals surface area contributed by atoms with Crippen LogP contribution in [0, 0.1) is 0 Å². The zero-order valence-corrected chi connectivity index (χ0v) is 19.0. The molecule has 0 amide bonds. The summed E-state index contributed by atoms with van der Waals surface area (Å²) in [7, 11) is 1.52. The molecule has 2 aromatic carbocycles. The van der Waals surface area contributed by atoms with Crippen molar-refractivity contribution < 1.29 is 14.6 Å². The van der Waals surface area contributed by atoms with Gasteiger partial charge >= 0.3 is 0 Å². The summed E-state index contributed by atoms with van der Waals surface area (Å²) in [6, 6.07) is 16.8. The largest absolute Gasteiger partial charge is 0.504 e. The van der Waals surface area contributed by atoms with Crippen LogP contribution in [0.3, 0.4) is 0 Å². The first-order chi connectivity index (χ1) is 15.0. The number of phenols is 1. The molecule has 0 aliphatic rings. The molecule has 4 rings (SSSR count). The second-order valence-electron chi connectivity index (χ2n) is 7.21. The maximum Gasteiger partial charge on any atom is 0.165 e. The average Bonchev–Trinajstić information content (AvgIpc) is 3.12. The molecule has 0 atom stereocenters. The van der Waals surface area contributed by atoms with Crippen molar-refractivity contribution in [2.75, 3.05) is 7.11 Å². The summed E-state index contributed by atoms with van der Waals surface area (Å²) in [4.78, 5) is 9.56. The van der Waals surface area contributed by atoms with Gasteiger partial charge in [0.2, 0.25) is 0 Å². The highest BCUT2D eigenvalue weighted by Gasteiger charge is 2.15. The number of fused-ring (bicyclic) bond motifs is 1. The van der Waals surface area contributed by atoms with Crippen LogP contribution in [0.25, 0.3) is 16.9 Å². The zero-order valence-electron chi connectivity index (χ0n) is 17.4. The summed E-state index contributed by atoms with van der Waals surface area (Å²) in [5.41, 5.74) is 3.09. The number of hydrogen-bond donors (Lipinski definition) is 1. The van der Waals surface area contributed by atoms with Crippen LogP contribution < -0.4 is 9.47 Å². The quantitative estimate of drug-likeness (QED) is 0.343. The number of methoxy groups -OCH3 is 1. The van der Waals surface area contributed by atoms with Crippen molar-refractivity contribution in [2.24, 2.45) is 4.99 Å². The molecule has 0 unspecified atom stereocenters. The van der Waals surface area contributed by atoms with Gasteiger partial charge in [0.05, 0.1) is 13.2 Å². The minimum absolute atomic E-state index is 0.0455. The maximum absolute atomic E-state index is 9.97. The first kappa shape index (κ1) is 20.9. The summed E-state index contributed by atoms with van der Waals surface area (Å²) in [6.07, 6.45) is 3.74. The Morgan fingerprint density at radius 2 is 1.94 bits per heavy atom. The molecule has 158 valence electrons. The number of ether oxygens (including phenoxy) is 2. The van der Waals surface area contributed by atoms with Gasteiger partial charge in [-0.1, -0.05) is 22.0 Å². The minimum Gasteiger partial charge on any atom is -0.504 e. The Kier molecular flexibility index (Phi) is 5.95. The number of pyridine rings is 1. The molecule has 0 radical (unpaired) electrons. The van der Waals surface area contributed by atoms with Gasteiger partial charge in [-0.2, -0.15) is 0 Å². The number of rotatable bonds is 6. The summed E-state index contributed by atoms with van der Waals surface area (Å²) < 4.78 is 14.1. The van der Waals surface area contributed by atoms with Gasteiger partial charge in [-0.25, -0.2) is 9.98 Å². The molecule has 4 aromatic rings. The third-order valence-electron chi connectivity index (χ3n) is 4.62. The molecular weight excluding hydrogens is 458 g/mol. The van der Waals surface area contributed by atoms with Crippen LogP contribution in [0.4, 0.5) is 5.82 Å². The van der Waals surface area contributed by atoms with Crippen molar-refractivity contribution in [3.05, 3.63) is 70.8 Å². The molecule has 0 spiro atoms. The van der Waals surface area contributed by atoms with Crippen LogP contribution in [0.2, 0.25) is 0 Å². The summed E-state index contributed by atoms with van der Waals surface area (Å²) >= 11 is 3.52. The van der Waals surface area contributed by atoms with Gasteiger partial charge in [0.15, 0.2) is 17.3 Å². The van der Waals surface area contributed by atoms with Crippen molar-refractivity contribution in [2.45, 2.75) is 20.0 Å². The van der Waals surface area contributed by atoms with Gasteiger partial charge in [-0.3, -0.25) is 4.40 Å². The second kappa shape index (κ2) is 8.81. The van der Waals surface area contributed by atoms with Crippen LogP contribution in [-0.2, 0) is 0 Å². The normalized spacial score (nSPS) is 11.5. The average molecular weight is 480 g/mol. The Labute approximate surface area is 188 Å². The van der Waals surface area contributed by atoms with Crippen molar-refractivity contribution in [3.63, 3.8) is 0 Å². The molecule has 7 heteroatoms. The van der Waals surface area contributed by atoms with E-state index in [0.717, 1.165) is 27.0 Å². The topological polar surface area (TPSA) is 68.4 Å². The Morgan fingerprint density at radius 3 is 2.71 bits per heavy atom.